The molecule has 0 saturated carbocycles. The molecule has 0 radical (unpaired) electrons. The van der Waals surface area contributed by atoms with Crippen molar-refractivity contribution in [2.24, 2.45) is 0 Å². The van der Waals surface area contributed by atoms with Crippen molar-refractivity contribution in [2.45, 2.75) is 31.6 Å². The van der Waals surface area contributed by atoms with E-state index in [1.165, 1.54) is 77.4 Å². The van der Waals surface area contributed by atoms with E-state index >= 15 is 0 Å². The zero-order valence-electron chi connectivity index (χ0n) is 34.4. The first-order valence-corrected chi connectivity index (χ1v) is 21.3. The highest BCUT2D eigenvalue weighted by Crippen LogP contribution is 2.55. The molecule has 1 heterocycles. The minimum atomic E-state index is -0.309. The molecule has 0 fully saturated rings. The van der Waals surface area contributed by atoms with Crippen LogP contribution in [0.3, 0.4) is 0 Å². The summed E-state index contributed by atoms with van der Waals surface area (Å²) < 4.78 is 0. The van der Waals surface area contributed by atoms with Crippen LogP contribution >= 0.6 is 0 Å². The van der Waals surface area contributed by atoms with E-state index in [2.05, 4.69) is 221 Å². The number of aromatic nitrogens is 2. The van der Waals surface area contributed by atoms with Crippen molar-refractivity contribution >= 4 is 21.5 Å². The summed E-state index contributed by atoms with van der Waals surface area (Å²) >= 11 is 0. The van der Waals surface area contributed by atoms with Gasteiger partial charge in [0.1, 0.15) is 0 Å². The van der Waals surface area contributed by atoms with Gasteiger partial charge in [-0.2, -0.15) is 0 Å². The van der Waals surface area contributed by atoms with E-state index in [1.807, 2.05) is 0 Å². The van der Waals surface area contributed by atoms with Gasteiger partial charge in [-0.15, -0.1) is 0 Å². The van der Waals surface area contributed by atoms with Crippen molar-refractivity contribution in [3.05, 3.63) is 228 Å². The van der Waals surface area contributed by atoms with Gasteiger partial charge >= 0.3 is 0 Å². The molecule has 12 rings (SSSR count). The second-order valence-corrected chi connectivity index (χ2v) is 17.4. The number of hydrogen-bond donors (Lipinski definition) is 0. The van der Waals surface area contributed by atoms with Crippen LogP contribution in [0.5, 0.6) is 0 Å². The number of fused-ring (bicyclic) bond motifs is 8. The van der Waals surface area contributed by atoms with E-state index in [0.29, 0.717) is 5.82 Å². The number of hydrogen-bond acceptors (Lipinski definition) is 2. The van der Waals surface area contributed by atoms with Gasteiger partial charge in [0.2, 0.25) is 0 Å². The summed E-state index contributed by atoms with van der Waals surface area (Å²) in [5.74, 6) is 0.714. The molecule has 0 aliphatic heterocycles. The Labute approximate surface area is 356 Å². The first-order valence-electron chi connectivity index (χ1n) is 21.3. The van der Waals surface area contributed by atoms with Gasteiger partial charge in [0.05, 0.1) is 11.4 Å². The molecule has 1 aromatic heterocycles. The molecule has 0 N–H and O–H groups in total. The van der Waals surface area contributed by atoms with Gasteiger partial charge < -0.3 is 0 Å². The Hall–Kier alpha value is -7.42. The molecule has 0 spiro atoms. The first-order chi connectivity index (χ1) is 29.9. The van der Waals surface area contributed by atoms with Crippen LogP contribution in [0.4, 0.5) is 0 Å². The van der Waals surface area contributed by atoms with Gasteiger partial charge in [-0.25, -0.2) is 9.97 Å². The minimum Gasteiger partial charge on any atom is -0.228 e. The fraction of sp³-hybridized carbons (Fsp3) is 0.0847. The Bertz CT molecular complexity index is 3400. The average Bonchev–Trinajstić information content (AvgIpc) is 3.71. The molecule has 2 aliphatic carbocycles. The summed E-state index contributed by atoms with van der Waals surface area (Å²) in [6.07, 6.45) is 0. The van der Waals surface area contributed by atoms with E-state index in [4.69, 9.17) is 9.97 Å². The van der Waals surface area contributed by atoms with Gasteiger partial charge in [-0.05, 0) is 120 Å². The smallest absolute Gasteiger partial charge is 0.161 e. The van der Waals surface area contributed by atoms with E-state index in [0.717, 1.165) is 33.5 Å². The lowest BCUT2D eigenvalue weighted by atomic mass is 9.74. The van der Waals surface area contributed by atoms with Crippen molar-refractivity contribution in [1.29, 1.82) is 0 Å². The zero-order chi connectivity index (χ0) is 40.9. The normalized spacial score (nSPS) is 15.7. The van der Waals surface area contributed by atoms with Gasteiger partial charge in [-0.1, -0.05) is 184 Å². The summed E-state index contributed by atoms with van der Waals surface area (Å²) in [5, 5.41) is 4.88. The quantitative estimate of drug-likeness (QED) is 0.174. The second kappa shape index (κ2) is 13.3. The third kappa shape index (κ3) is 5.28. The molecule has 2 nitrogen and oxygen atoms in total. The summed E-state index contributed by atoms with van der Waals surface area (Å²) in [6.45, 7) is 7.11. The van der Waals surface area contributed by atoms with E-state index in [-0.39, 0.29) is 10.8 Å². The number of rotatable bonds is 5. The van der Waals surface area contributed by atoms with Crippen LogP contribution < -0.4 is 0 Å². The average molecular weight is 779 g/mol. The zero-order valence-corrected chi connectivity index (χ0v) is 34.4. The number of nitrogens with zero attached hydrogens (tertiary/aromatic N) is 2. The summed E-state index contributed by atoms with van der Waals surface area (Å²) in [7, 11) is 0. The predicted octanol–water partition coefficient (Wildman–Crippen LogP) is 15.1. The molecule has 0 amide bonds. The highest BCUT2D eigenvalue weighted by molar-refractivity contribution is 6.05. The van der Waals surface area contributed by atoms with Gasteiger partial charge in [-0.3, -0.25) is 0 Å². The van der Waals surface area contributed by atoms with Crippen molar-refractivity contribution < 1.29 is 0 Å². The summed E-state index contributed by atoms with van der Waals surface area (Å²) in [5.41, 5.74) is 18.8. The highest BCUT2D eigenvalue weighted by atomic mass is 14.9. The largest absolute Gasteiger partial charge is 0.228 e. The van der Waals surface area contributed by atoms with Crippen LogP contribution in [0.25, 0.3) is 88.8 Å². The Balaban J connectivity index is 1.03. The Morgan fingerprint density at radius 3 is 1.74 bits per heavy atom. The van der Waals surface area contributed by atoms with Crippen molar-refractivity contribution in [3.8, 4) is 67.3 Å². The van der Waals surface area contributed by atoms with Crippen LogP contribution in [0.15, 0.2) is 200 Å². The molecule has 61 heavy (non-hydrogen) atoms. The van der Waals surface area contributed by atoms with E-state index in [1.54, 1.807) is 0 Å². The Morgan fingerprint density at radius 2 is 0.934 bits per heavy atom. The topological polar surface area (TPSA) is 25.8 Å². The molecule has 1 atom stereocenters. The van der Waals surface area contributed by atoms with Crippen LogP contribution in [0.1, 0.15) is 48.6 Å². The van der Waals surface area contributed by atoms with E-state index in [9.17, 15) is 0 Å². The second-order valence-electron chi connectivity index (χ2n) is 17.4. The maximum atomic E-state index is 5.52. The molecule has 2 heteroatoms. The lowest BCUT2D eigenvalue weighted by molar-refractivity contribution is 0.661. The van der Waals surface area contributed by atoms with Crippen LogP contribution in [-0.4, -0.2) is 9.97 Å². The number of benzene rings is 9. The SMILES string of the molecule is CC1(C)c2cc(-c3ccc(-c4nc(-c5ccccc5)cc(-c5cccc6c5-c5ccccc5C6(C)c5ccccc5)n4)c4ccccc34)ccc2-c2cc3ccccc3cc21. The Kier molecular flexibility index (Phi) is 7.74. The molecule has 288 valence electrons. The molecular formula is C59H42N2. The highest BCUT2D eigenvalue weighted by Gasteiger charge is 2.42. The maximum Gasteiger partial charge on any atom is 0.161 e. The van der Waals surface area contributed by atoms with Crippen molar-refractivity contribution in [2.75, 3.05) is 0 Å². The third-order valence-electron chi connectivity index (χ3n) is 13.8. The molecule has 9 aromatic carbocycles. The molecule has 1 unspecified atom stereocenters. The molecule has 2 aliphatic rings. The summed E-state index contributed by atoms with van der Waals surface area (Å²) in [6, 6.07) is 73.1. The van der Waals surface area contributed by atoms with Crippen molar-refractivity contribution in [3.63, 3.8) is 0 Å². The van der Waals surface area contributed by atoms with E-state index < -0.39 is 0 Å². The lowest BCUT2D eigenvalue weighted by Crippen LogP contribution is -2.22. The molecule has 10 aromatic rings. The molecular weight excluding hydrogens is 737 g/mol. The fourth-order valence-electron chi connectivity index (χ4n) is 10.6. The first kappa shape index (κ1) is 35.5. The van der Waals surface area contributed by atoms with Crippen LogP contribution in [0, 0.1) is 0 Å². The third-order valence-corrected chi connectivity index (χ3v) is 13.8. The van der Waals surface area contributed by atoms with Gasteiger partial charge in [0.15, 0.2) is 5.82 Å². The van der Waals surface area contributed by atoms with Gasteiger partial charge in [0.25, 0.3) is 0 Å². The standard InChI is InChI=1S/C59H42N2/c1-58(2)52-35-40(29-30-45(52)49-33-38-19-10-11-20-39(38)34-53(49)58)42-31-32-46(44-24-13-12-23-43(42)44)57-60-54(37-17-6-4-7-18-37)36-55(61-57)48-26-16-28-51-56(48)47-25-14-15-27-50(47)59(51,3)41-21-8-5-9-22-41/h4-36H,1-3H3. The fourth-order valence-corrected chi connectivity index (χ4v) is 10.6. The molecule has 0 saturated heterocycles. The van der Waals surface area contributed by atoms with Crippen molar-refractivity contribution in [1.82, 2.24) is 9.97 Å². The lowest BCUT2D eigenvalue weighted by Gasteiger charge is -2.28. The maximum absolute atomic E-state index is 5.52. The summed E-state index contributed by atoms with van der Waals surface area (Å²) in [4.78, 5) is 10.9. The monoisotopic (exact) mass is 778 g/mol. The molecule has 0 bridgehead atoms. The Morgan fingerprint density at radius 1 is 0.344 bits per heavy atom. The van der Waals surface area contributed by atoms with Gasteiger partial charge in [0, 0.05) is 27.5 Å². The predicted molar refractivity (Wildman–Crippen MR) is 254 cm³/mol. The van der Waals surface area contributed by atoms with Crippen LogP contribution in [0.2, 0.25) is 0 Å². The minimum absolute atomic E-state index is 0.126. The van der Waals surface area contributed by atoms with Crippen LogP contribution in [-0.2, 0) is 10.8 Å².